The SMILES string of the molecule is O=C(c1ccc(-c2cc(Cl)c(O)cc2F)cc1)N1CCCCC1. The molecule has 0 atom stereocenters. The van der Waals surface area contributed by atoms with Gasteiger partial charge in [-0.3, -0.25) is 4.79 Å². The van der Waals surface area contributed by atoms with Gasteiger partial charge in [-0.1, -0.05) is 23.7 Å². The number of aromatic hydroxyl groups is 1. The highest BCUT2D eigenvalue weighted by Gasteiger charge is 2.18. The number of piperidine rings is 1. The summed E-state index contributed by atoms with van der Waals surface area (Å²) in [6, 6.07) is 9.17. The molecule has 120 valence electrons. The minimum Gasteiger partial charge on any atom is -0.506 e. The summed E-state index contributed by atoms with van der Waals surface area (Å²) in [6.07, 6.45) is 3.26. The van der Waals surface area contributed by atoms with Crippen molar-refractivity contribution in [2.75, 3.05) is 13.1 Å². The molecule has 0 radical (unpaired) electrons. The summed E-state index contributed by atoms with van der Waals surface area (Å²) in [5.74, 6) is -0.827. The van der Waals surface area contributed by atoms with Crippen LogP contribution in [0.4, 0.5) is 4.39 Å². The first-order valence-corrected chi connectivity index (χ1v) is 8.02. The number of rotatable bonds is 2. The summed E-state index contributed by atoms with van der Waals surface area (Å²) >= 11 is 5.84. The molecule has 0 aliphatic carbocycles. The van der Waals surface area contributed by atoms with Crippen molar-refractivity contribution in [3.63, 3.8) is 0 Å². The maximum atomic E-state index is 14.0. The van der Waals surface area contributed by atoms with Crippen LogP contribution in [0.5, 0.6) is 5.75 Å². The number of carbonyl (C=O) groups excluding carboxylic acids is 1. The number of carbonyl (C=O) groups is 1. The summed E-state index contributed by atoms with van der Waals surface area (Å²) in [6.45, 7) is 1.59. The second-order valence-electron chi connectivity index (χ2n) is 5.71. The van der Waals surface area contributed by atoms with Crippen molar-refractivity contribution in [3.8, 4) is 16.9 Å². The molecule has 0 bridgehead atoms. The van der Waals surface area contributed by atoms with Crippen molar-refractivity contribution in [1.29, 1.82) is 0 Å². The van der Waals surface area contributed by atoms with E-state index in [0.29, 0.717) is 16.7 Å². The van der Waals surface area contributed by atoms with Gasteiger partial charge in [0.1, 0.15) is 11.6 Å². The average molecular weight is 334 g/mol. The molecule has 3 nitrogen and oxygen atoms in total. The molecule has 0 aromatic heterocycles. The van der Waals surface area contributed by atoms with E-state index in [1.165, 1.54) is 12.5 Å². The summed E-state index contributed by atoms with van der Waals surface area (Å²) in [7, 11) is 0. The van der Waals surface area contributed by atoms with Crippen LogP contribution in [0.15, 0.2) is 36.4 Å². The van der Waals surface area contributed by atoms with Crippen molar-refractivity contribution >= 4 is 17.5 Å². The molecule has 0 spiro atoms. The molecule has 1 aliphatic rings. The first-order chi connectivity index (χ1) is 11.1. The predicted octanol–water partition coefficient (Wildman–Crippen LogP) is 4.48. The highest BCUT2D eigenvalue weighted by atomic mass is 35.5. The number of hydrogen-bond acceptors (Lipinski definition) is 2. The van der Waals surface area contributed by atoms with Crippen LogP contribution < -0.4 is 0 Å². The Hall–Kier alpha value is -2.07. The highest BCUT2D eigenvalue weighted by Crippen LogP contribution is 2.32. The quantitative estimate of drug-likeness (QED) is 0.880. The highest BCUT2D eigenvalue weighted by molar-refractivity contribution is 6.32. The molecular formula is C18H17ClFNO2. The van der Waals surface area contributed by atoms with E-state index < -0.39 is 5.82 Å². The van der Waals surface area contributed by atoms with E-state index in [-0.39, 0.29) is 16.7 Å². The predicted molar refractivity (Wildman–Crippen MR) is 88.3 cm³/mol. The molecule has 1 saturated heterocycles. The number of likely N-dealkylation sites (tertiary alicyclic amines) is 1. The number of amides is 1. The second kappa shape index (κ2) is 6.59. The van der Waals surface area contributed by atoms with E-state index in [2.05, 4.69) is 0 Å². The van der Waals surface area contributed by atoms with E-state index in [1.807, 2.05) is 4.90 Å². The average Bonchev–Trinajstić information content (AvgIpc) is 2.58. The topological polar surface area (TPSA) is 40.5 Å². The van der Waals surface area contributed by atoms with E-state index >= 15 is 0 Å². The third kappa shape index (κ3) is 3.32. The molecule has 1 N–H and O–H groups in total. The lowest BCUT2D eigenvalue weighted by Gasteiger charge is -2.26. The Labute approximate surface area is 139 Å². The summed E-state index contributed by atoms with van der Waals surface area (Å²) in [5.41, 5.74) is 1.50. The molecule has 1 heterocycles. The zero-order chi connectivity index (χ0) is 16.4. The number of phenols is 1. The van der Waals surface area contributed by atoms with Crippen molar-refractivity contribution in [2.45, 2.75) is 19.3 Å². The van der Waals surface area contributed by atoms with Crippen LogP contribution in [0.2, 0.25) is 5.02 Å². The molecule has 0 unspecified atom stereocenters. The zero-order valence-corrected chi connectivity index (χ0v) is 13.3. The first-order valence-electron chi connectivity index (χ1n) is 7.64. The van der Waals surface area contributed by atoms with Gasteiger partial charge in [-0.05, 0) is 43.0 Å². The monoisotopic (exact) mass is 333 g/mol. The molecule has 0 saturated carbocycles. The normalized spacial score (nSPS) is 14.8. The summed E-state index contributed by atoms with van der Waals surface area (Å²) in [5, 5.41) is 9.50. The Balaban J connectivity index is 1.84. The lowest BCUT2D eigenvalue weighted by atomic mass is 10.0. The third-order valence-electron chi connectivity index (χ3n) is 4.12. The minimum atomic E-state index is -0.554. The maximum absolute atomic E-state index is 14.0. The fourth-order valence-electron chi connectivity index (χ4n) is 2.83. The standard InChI is InChI=1S/C18H17ClFNO2/c19-15-10-14(16(20)11-17(15)22)12-4-6-13(7-5-12)18(23)21-8-2-1-3-9-21/h4-7,10-11,22H,1-3,8-9H2. The Bertz CT molecular complexity index is 725. The molecule has 2 aromatic carbocycles. The number of halogens is 2. The first kappa shape index (κ1) is 15.8. The Morgan fingerprint density at radius 1 is 1.09 bits per heavy atom. The number of hydrogen-bond donors (Lipinski definition) is 1. The van der Waals surface area contributed by atoms with Gasteiger partial charge in [-0.2, -0.15) is 0 Å². The van der Waals surface area contributed by atoms with E-state index in [9.17, 15) is 14.3 Å². The zero-order valence-electron chi connectivity index (χ0n) is 12.6. The molecule has 1 amide bonds. The third-order valence-corrected chi connectivity index (χ3v) is 4.43. The maximum Gasteiger partial charge on any atom is 0.253 e. The van der Waals surface area contributed by atoms with Gasteiger partial charge < -0.3 is 10.0 Å². The fourth-order valence-corrected chi connectivity index (χ4v) is 2.99. The van der Waals surface area contributed by atoms with Crippen LogP contribution in [-0.2, 0) is 0 Å². The molecule has 5 heteroatoms. The van der Waals surface area contributed by atoms with Crippen molar-refractivity contribution in [3.05, 3.63) is 52.8 Å². The lowest BCUT2D eigenvalue weighted by molar-refractivity contribution is 0.0724. The van der Waals surface area contributed by atoms with Crippen LogP contribution in [-0.4, -0.2) is 29.0 Å². The van der Waals surface area contributed by atoms with E-state index in [1.54, 1.807) is 24.3 Å². The van der Waals surface area contributed by atoms with Crippen LogP contribution >= 0.6 is 11.6 Å². The molecule has 1 aliphatic heterocycles. The minimum absolute atomic E-state index is 0.0143. The molecular weight excluding hydrogens is 317 g/mol. The van der Waals surface area contributed by atoms with Gasteiger partial charge >= 0.3 is 0 Å². The molecule has 3 rings (SSSR count). The smallest absolute Gasteiger partial charge is 0.253 e. The van der Waals surface area contributed by atoms with Crippen molar-refractivity contribution in [2.24, 2.45) is 0 Å². The van der Waals surface area contributed by atoms with Crippen LogP contribution in [0.25, 0.3) is 11.1 Å². The van der Waals surface area contributed by atoms with Gasteiger partial charge in [0.25, 0.3) is 5.91 Å². The van der Waals surface area contributed by atoms with Crippen LogP contribution in [0.1, 0.15) is 29.6 Å². The van der Waals surface area contributed by atoms with Crippen LogP contribution in [0, 0.1) is 5.82 Å². The van der Waals surface area contributed by atoms with E-state index in [4.69, 9.17) is 11.6 Å². The lowest BCUT2D eigenvalue weighted by Crippen LogP contribution is -2.35. The van der Waals surface area contributed by atoms with Crippen LogP contribution in [0.3, 0.4) is 0 Å². The summed E-state index contributed by atoms with van der Waals surface area (Å²) in [4.78, 5) is 14.3. The molecule has 1 fully saturated rings. The molecule has 2 aromatic rings. The van der Waals surface area contributed by atoms with Crippen molar-refractivity contribution < 1.29 is 14.3 Å². The Morgan fingerprint density at radius 3 is 2.39 bits per heavy atom. The Kier molecular flexibility index (Phi) is 4.53. The second-order valence-corrected chi connectivity index (χ2v) is 6.12. The fraction of sp³-hybridized carbons (Fsp3) is 0.278. The molecule has 23 heavy (non-hydrogen) atoms. The largest absolute Gasteiger partial charge is 0.506 e. The van der Waals surface area contributed by atoms with Gasteiger partial charge in [0.2, 0.25) is 0 Å². The van der Waals surface area contributed by atoms with E-state index in [0.717, 1.165) is 32.0 Å². The summed E-state index contributed by atoms with van der Waals surface area (Å²) < 4.78 is 14.0. The van der Waals surface area contributed by atoms with Gasteiger partial charge in [0.05, 0.1) is 5.02 Å². The number of phenolic OH excluding ortho intramolecular Hbond substituents is 1. The Morgan fingerprint density at radius 2 is 1.74 bits per heavy atom. The van der Waals surface area contributed by atoms with Gasteiger partial charge in [-0.15, -0.1) is 0 Å². The van der Waals surface area contributed by atoms with Gasteiger partial charge in [0, 0.05) is 30.3 Å². The van der Waals surface area contributed by atoms with Gasteiger partial charge in [0.15, 0.2) is 0 Å². The number of benzene rings is 2. The van der Waals surface area contributed by atoms with Crippen molar-refractivity contribution in [1.82, 2.24) is 4.90 Å². The number of nitrogens with zero attached hydrogens (tertiary/aromatic N) is 1. The van der Waals surface area contributed by atoms with Gasteiger partial charge in [-0.25, -0.2) is 4.39 Å².